The minimum absolute atomic E-state index is 0.691. The maximum Gasteiger partial charge on any atom is 0.128 e. The molecule has 2 aromatic heterocycles. The van der Waals surface area contributed by atoms with E-state index in [0.29, 0.717) is 5.56 Å². The quantitative estimate of drug-likeness (QED) is 0.0566. The number of hydrogen-bond donors (Lipinski definition) is 0. The van der Waals surface area contributed by atoms with Gasteiger partial charge in [-0.2, -0.15) is 5.26 Å². The summed E-state index contributed by atoms with van der Waals surface area (Å²) in [6.07, 6.45) is 30.7. The number of aromatic nitrogens is 4. The van der Waals surface area contributed by atoms with E-state index in [0.717, 1.165) is 84.2 Å². The van der Waals surface area contributed by atoms with Crippen LogP contribution in [0.15, 0.2) is 114 Å². The third-order valence-electron chi connectivity index (χ3n) is 11.9. The molecule has 0 unspecified atom stereocenters. The van der Waals surface area contributed by atoms with Crippen LogP contribution in [-0.2, 0) is 51.4 Å². The molecule has 2 heterocycles. The highest BCUT2D eigenvalue weighted by Gasteiger charge is 2.11. The third-order valence-corrected chi connectivity index (χ3v) is 12.8. The first-order chi connectivity index (χ1) is 30.9. The molecule has 63 heavy (non-hydrogen) atoms. The van der Waals surface area contributed by atoms with Crippen LogP contribution in [0.4, 0.5) is 0 Å². The second-order valence-electron chi connectivity index (χ2n) is 17.0. The second kappa shape index (κ2) is 27.9. The molecule has 0 amide bonds. The molecule has 6 heteroatoms. The lowest BCUT2D eigenvalue weighted by Gasteiger charge is -2.11. The van der Waals surface area contributed by atoms with E-state index in [1.165, 1.54) is 116 Å². The fourth-order valence-electron chi connectivity index (χ4n) is 7.87. The summed E-state index contributed by atoms with van der Waals surface area (Å²) >= 11 is 3.85. The monoisotopic (exact) mass is 903 g/mol. The van der Waals surface area contributed by atoms with E-state index < -0.39 is 0 Å². The first-order valence-corrected chi connectivity index (χ1v) is 24.8. The van der Waals surface area contributed by atoms with Crippen LogP contribution in [0.1, 0.15) is 155 Å². The van der Waals surface area contributed by atoms with E-state index >= 15 is 0 Å². The average molecular weight is 905 g/mol. The van der Waals surface area contributed by atoms with Gasteiger partial charge in [0.05, 0.1) is 11.6 Å². The van der Waals surface area contributed by atoms with Crippen molar-refractivity contribution in [3.63, 3.8) is 0 Å². The SMILES string of the molecule is CCCCCc1ccc(CCc2ccc(-c3cnc(CCCCC)nc3)c(C#N)c2)cc1.CCCCCc1ccc(CCc2cccc(-c3cnc(CCCCC)nc3)c2Br)cc1. The maximum absolute atomic E-state index is 9.72. The smallest absolute Gasteiger partial charge is 0.128 e. The predicted octanol–water partition coefficient (Wildman–Crippen LogP) is 15.4. The van der Waals surface area contributed by atoms with Gasteiger partial charge in [-0.15, -0.1) is 0 Å². The molecule has 6 rings (SSSR count). The molecule has 0 aliphatic rings. The summed E-state index contributed by atoms with van der Waals surface area (Å²) in [5.41, 5.74) is 12.9. The molecule has 0 atom stereocenters. The van der Waals surface area contributed by atoms with Gasteiger partial charge >= 0.3 is 0 Å². The Hall–Kier alpha value is -4.99. The zero-order valence-electron chi connectivity index (χ0n) is 38.6. The van der Waals surface area contributed by atoms with Crippen LogP contribution in [0.5, 0.6) is 0 Å². The molecule has 0 fully saturated rings. The largest absolute Gasteiger partial charge is 0.241 e. The van der Waals surface area contributed by atoms with Gasteiger partial charge in [0.1, 0.15) is 11.6 Å². The van der Waals surface area contributed by atoms with Gasteiger partial charge in [-0.25, -0.2) is 19.9 Å². The molecule has 6 aromatic rings. The van der Waals surface area contributed by atoms with Gasteiger partial charge in [0, 0.05) is 58.8 Å². The molecule has 0 aliphatic carbocycles. The van der Waals surface area contributed by atoms with Crippen molar-refractivity contribution < 1.29 is 0 Å². The molecule has 0 saturated carbocycles. The Balaban J connectivity index is 0.000000238. The van der Waals surface area contributed by atoms with E-state index in [1.807, 2.05) is 36.9 Å². The van der Waals surface area contributed by atoms with Gasteiger partial charge in [-0.1, -0.05) is 158 Å². The highest BCUT2D eigenvalue weighted by atomic mass is 79.9. The normalized spacial score (nSPS) is 10.9. The van der Waals surface area contributed by atoms with Crippen LogP contribution < -0.4 is 0 Å². The Labute approximate surface area is 388 Å². The van der Waals surface area contributed by atoms with Crippen LogP contribution in [0.3, 0.4) is 0 Å². The Morgan fingerprint density at radius 3 is 1.29 bits per heavy atom. The minimum Gasteiger partial charge on any atom is -0.241 e. The molecule has 0 N–H and O–H groups in total. The van der Waals surface area contributed by atoms with Crippen molar-refractivity contribution >= 4 is 15.9 Å². The molecule has 4 aromatic carbocycles. The number of aryl methyl sites for hydroxylation is 8. The Bertz CT molecular complexity index is 2240. The Kier molecular flexibility index (Phi) is 21.7. The van der Waals surface area contributed by atoms with Crippen molar-refractivity contribution in [3.8, 4) is 28.3 Å². The fourth-order valence-corrected chi connectivity index (χ4v) is 8.56. The van der Waals surface area contributed by atoms with Gasteiger partial charge in [-0.3, -0.25) is 0 Å². The molecule has 5 nitrogen and oxygen atoms in total. The number of nitrogens with zero attached hydrogens (tertiary/aromatic N) is 5. The van der Waals surface area contributed by atoms with E-state index in [1.54, 1.807) is 0 Å². The summed E-state index contributed by atoms with van der Waals surface area (Å²) in [7, 11) is 0. The number of rotatable bonds is 24. The zero-order chi connectivity index (χ0) is 44.5. The average Bonchev–Trinajstić information content (AvgIpc) is 3.32. The van der Waals surface area contributed by atoms with Gasteiger partial charge in [0.15, 0.2) is 0 Å². The highest BCUT2D eigenvalue weighted by molar-refractivity contribution is 9.10. The minimum atomic E-state index is 0.691. The lowest BCUT2D eigenvalue weighted by molar-refractivity contribution is 0.693. The van der Waals surface area contributed by atoms with Gasteiger partial charge in [-0.05, 0) is 125 Å². The van der Waals surface area contributed by atoms with E-state index in [9.17, 15) is 5.26 Å². The molecule has 0 spiro atoms. The topological polar surface area (TPSA) is 75.3 Å². The molecule has 330 valence electrons. The standard InChI is InChI=1S/C29H35N3.C28H35BrN2/c1-3-5-7-9-23-11-13-24(14-12-23)15-16-25-17-18-28(26(19-25)20-30)27-21-31-29(32-22-27)10-8-6-4-2;1-3-5-7-10-22-14-16-23(17-15-22)18-19-24-11-9-12-26(28(24)29)25-20-30-27(31-21-25)13-8-6-4-2/h11-14,17-19,21-22H,3-10,15-16H2,1-2H3;9,11-12,14-17,20-21H,3-8,10,13,18-19H2,1-2H3. The lowest BCUT2D eigenvalue weighted by Crippen LogP contribution is -1.97. The van der Waals surface area contributed by atoms with Crippen molar-refractivity contribution in [1.82, 2.24) is 19.9 Å². The van der Waals surface area contributed by atoms with E-state index in [4.69, 9.17) is 0 Å². The molecule has 0 radical (unpaired) electrons. The number of benzene rings is 4. The third kappa shape index (κ3) is 16.6. The fraction of sp³-hybridized carbons (Fsp3) is 0.421. The molecular formula is C57H70BrN5. The number of halogens is 1. The Morgan fingerprint density at radius 1 is 0.429 bits per heavy atom. The van der Waals surface area contributed by atoms with E-state index in [2.05, 4.69) is 142 Å². The predicted molar refractivity (Wildman–Crippen MR) is 268 cm³/mol. The number of hydrogen-bond acceptors (Lipinski definition) is 5. The van der Waals surface area contributed by atoms with Crippen molar-refractivity contribution in [1.29, 1.82) is 5.26 Å². The molecule has 0 bridgehead atoms. The van der Waals surface area contributed by atoms with Gasteiger partial charge in [0.2, 0.25) is 0 Å². The van der Waals surface area contributed by atoms with Crippen molar-refractivity contribution in [2.24, 2.45) is 0 Å². The van der Waals surface area contributed by atoms with Crippen LogP contribution >= 0.6 is 15.9 Å². The Morgan fingerprint density at radius 2 is 0.825 bits per heavy atom. The summed E-state index contributed by atoms with van der Waals surface area (Å²) in [5.74, 6) is 1.83. The van der Waals surface area contributed by atoms with Crippen LogP contribution in [0.2, 0.25) is 0 Å². The van der Waals surface area contributed by atoms with Crippen LogP contribution in [0.25, 0.3) is 22.3 Å². The van der Waals surface area contributed by atoms with Crippen LogP contribution in [-0.4, -0.2) is 19.9 Å². The molecule has 0 aliphatic heterocycles. The molecule has 0 saturated heterocycles. The summed E-state index contributed by atoms with van der Waals surface area (Å²) in [5, 5.41) is 9.72. The summed E-state index contributed by atoms with van der Waals surface area (Å²) in [6, 6.07) is 33.3. The van der Waals surface area contributed by atoms with Gasteiger partial charge < -0.3 is 0 Å². The summed E-state index contributed by atoms with van der Waals surface area (Å²) in [6.45, 7) is 8.92. The van der Waals surface area contributed by atoms with Crippen molar-refractivity contribution in [2.75, 3.05) is 0 Å². The van der Waals surface area contributed by atoms with Crippen LogP contribution in [0, 0.1) is 11.3 Å². The number of nitriles is 1. The lowest BCUT2D eigenvalue weighted by atomic mass is 9.96. The van der Waals surface area contributed by atoms with Gasteiger partial charge in [0.25, 0.3) is 0 Å². The summed E-state index contributed by atoms with van der Waals surface area (Å²) < 4.78 is 1.16. The highest BCUT2D eigenvalue weighted by Crippen LogP contribution is 2.31. The first kappa shape index (κ1) is 49.0. The van der Waals surface area contributed by atoms with E-state index in [-0.39, 0.29) is 0 Å². The summed E-state index contributed by atoms with van der Waals surface area (Å²) in [4.78, 5) is 18.2. The zero-order valence-corrected chi connectivity index (χ0v) is 40.2. The van der Waals surface area contributed by atoms with Crippen molar-refractivity contribution in [2.45, 2.75) is 156 Å². The molecular weight excluding hydrogens is 835 g/mol. The van der Waals surface area contributed by atoms with Crippen molar-refractivity contribution in [3.05, 3.63) is 165 Å². The second-order valence-corrected chi connectivity index (χ2v) is 17.8. The number of unbranched alkanes of at least 4 members (excludes halogenated alkanes) is 8. The maximum atomic E-state index is 9.72. The first-order valence-electron chi connectivity index (χ1n) is 24.0.